The van der Waals surface area contributed by atoms with Gasteiger partial charge in [-0.15, -0.1) is 0 Å². The van der Waals surface area contributed by atoms with Crippen LogP contribution in [0.4, 0.5) is 0 Å². The maximum Gasteiger partial charge on any atom is 0.282 e. The minimum absolute atomic E-state index is 0.120. The van der Waals surface area contributed by atoms with Gasteiger partial charge in [0.1, 0.15) is 11.9 Å². The molecule has 1 aromatic heterocycles. The van der Waals surface area contributed by atoms with Gasteiger partial charge >= 0.3 is 0 Å². The SMILES string of the molecule is O=S(=O)(N1CCOCC1)N1CCC(Oc2cccnc2)C1. The van der Waals surface area contributed by atoms with E-state index in [0.29, 0.717) is 51.6 Å². The molecule has 8 heteroatoms. The third-order valence-corrected chi connectivity index (χ3v) is 5.67. The average molecular weight is 313 g/mol. The van der Waals surface area contributed by atoms with Crippen LogP contribution in [0.5, 0.6) is 5.75 Å². The Morgan fingerprint density at radius 3 is 2.76 bits per heavy atom. The predicted octanol–water partition coefficient (Wildman–Crippen LogP) is 0.112. The van der Waals surface area contributed by atoms with E-state index in [9.17, 15) is 8.42 Å². The molecule has 21 heavy (non-hydrogen) atoms. The van der Waals surface area contributed by atoms with Crippen LogP contribution in [0.3, 0.4) is 0 Å². The van der Waals surface area contributed by atoms with Gasteiger partial charge in [-0.25, -0.2) is 0 Å². The van der Waals surface area contributed by atoms with Crippen molar-refractivity contribution in [3.8, 4) is 5.75 Å². The molecule has 0 bridgehead atoms. The van der Waals surface area contributed by atoms with E-state index in [-0.39, 0.29) is 6.10 Å². The summed E-state index contributed by atoms with van der Waals surface area (Å²) < 4.78 is 39.0. The molecular weight excluding hydrogens is 294 g/mol. The average Bonchev–Trinajstić information content (AvgIpc) is 2.98. The van der Waals surface area contributed by atoms with Crippen LogP contribution >= 0.6 is 0 Å². The first kappa shape index (κ1) is 14.7. The minimum Gasteiger partial charge on any atom is -0.487 e. The molecule has 2 fully saturated rings. The zero-order chi connectivity index (χ0) is 14.7. The third-order valence-electron chi connectivity index (χ3n) is 3.67. The van der Waals surface area contributed by atoms with Gasteiger partial charge in [-0.1, -0.05) is 0 Å². The van der Waals surface area contributed by atoms with Crippen LogP contribution < -0.4 is 4.74 Å². The lowest BCUT2D eigenvalue weighted by molar-refractivity contribution is 0.0704. The van der Waals surface area contributed by atoms with Crippen LogP contribution in [0.25, 0.3) is 0 Å². The van der Waals surface area contributed by atoms with Crippen molar-refractivity contribution in [3.63, 3.8) is 0 Å². The first-order chi connectivity index (χ1) is 10.2. The van der Waals surface area contributed by atoms with E-state index in [1.807, 2.05) is 6.07 Å². The molecule has 3 rings (SSSR count). The van der Waals surface area contributed by atoms with Crippen molar-refractivity contribution in [1.82, 2.24) is 13.6 Å². The summed E-state index contributed by atoms with van der Waals surface area (Å²) in [6.45, 7) is 2.64. The van der Waals surface area contributed by atoms with Crippen molar-refractivity contribution >= 4 is 10.2 Å². The van der Waals surface area contributed by atoms with E-state index >= 15 is 0 Å². The number of aromatic nitrogens is 1. The maximum atomic E-state index is 12.5. The molecule has 2 saturated heterocycles. The van der Waals surface area contributed by atoms with E-state index in [2.05, 4.69) is 4.98 Å². The molecule has 0 spiro atoms. The quantitative estimate of drug-likeness (QED) is 0.789. The Labute approximate surface area is 124 Å². The summed E-state index contributed by atoms with van der Waals surface area (Å²) in [6.07, 6.45) is 3.89. The molecule has 2 aliphatic heterocycles. The second kappa shape index (κ2) is 6.27. The summed E-state index contributed by atoms with van der Waals surface area (Å²) in [5.74, 6) is 0.674. The van der Waals surface area contributed by atoms with Gasteiger partial charge in [0, 0.05) is 25.8 Å². The summed E-state index contributed by atoms with van der Waals surface area (Å²) in [4.78, 5) is 3.99. The number of rotatable bonds is 4. The molecule has 2 aliphatic rings. The molecule has 0 aromatic carbocycles. The molecule has 3 heterocycles. The number of pyridine rings is 1. The normalized spacial score (nSPS) is 25.0. The van der Waals surface area contributed by atoms with Crippen molar-refractivity contribution in [2.75, 3.05) is 39.4 Å². The van der Waals surface area contributed by atoms with Crippen LogP contribution in [0, 0.1) is 0 Å². The zero-order valence-electron chi connectivity index (χ0n) is 11.7. The van der Waals surface area contributed by atoms with Gasteiger partial charge in [0.2, 0.25) is 0 Å². The second-order valence-corrected chi connectivity index (χ2v) is 7.02. The lowest BCUT2D eigenvalue weighted by Crippen LogP contribution is -2.48. The highest BCUT2D eigenvalue weighted by Gasteiger charge is 2.37. The second-order valence-electron chi connectivity index (χ2n) is 5.09. The Morgan fingerprint density at radius 1 is 1.24 bits per heavy atom. The molecule has 0 radical (unpaired) electrons. The zero-order valence-corrected chi connectivity index (χ0v) is 12.5. The van der Waals surface area contributed by atoms with E-state index in [0.717, 1.165) is 0 Å². The van der Waals surface area contributed by atoms with E-state index in [1.54, 1.807) is 18.5 Å². The lowest BCUT2D eigenvalue weighted by Gasteiger charge is -2.30. The largest absolute Gasteiger partial charge is 0.487 e. The van der Waals surface area contributed by atoms with Gasteiger partial charge in [0.15, 0.2) is 0 Å². The van der Waals surface area contributed by atoms with Crippen LogP contribution in [0.15, 0.2) is 24.5 Å². The fourth-order valence-electron chi connectivity index (χ4n) is 2.55. The van der Waals surface area contributed by atoms with Crippen molar-refractivity contribution in [2.24, 2.45) is 0 Å². The molecule has 0 N–H and O–H groups in total. The number of hydrogen-bond acceptors (Lipinski definition) is 5. The summed E-state index contributed by atoms with van der Waals surface area (Å²) in [5, 5.41) is 0. The standard InChI is InChI=1S/C13H19N3O4S/c17-21(18,15-6-8-19-9-7-15)16-5-3-13(11-16)20-12-2-1-4-14-10-12/h1-2,4,10,13H,3,5-9,11H2. The summed E-state index contributed by atoms with van der Waals surface area (Å²) >= 11 is 0. The highest BCUT2D eigenvalue weighted by Crippen LogP contribution is 2.21. The Kier molecular flexibility index (Phi) is 4.39. The van der Waals surface area contributed by atoms with Crippen LogP contribution in [0.1, 0.15) is 6.42 Å². The van der Waals surface area contributed by atoms with Crippen molar-refractivity contribution in [3.05, 3.63) is 24.5 Å². The molecule has 0 aliphatic carbocycles. The maximum absolute atomic E-state index is 12.5. The first-order valence-corrected chi connectivity index (χ1v) is 8.45. The van der Waals surface area contributed by atoms with E-state index < -0.39 is 10.2 Å². The minimum atomic E-state index is -3.40. The predicted molar refractivity (Wildman–Crippen MR) is 76.2 cm³/mol. The van der Waals surface area contributed by atoms with E-state index in [4.69, 9.17) is 9.47 Å². The van der Waals surface area contributed by atoms with Crippen LogP contribution in [0.2, 0.25) is 0 Å². The fourth-order valence-corrected chi connectivity index (χ4v) is 4.18. The highest BCUT2D eigenvalue weighted by atomic mass is 32.2. The van der Waals surface area contributed by atoms with Crippen molar-refractivity contribution < 1.29 is 17.9 Å². The highest BCUT2D eigenvalue weighted by molar-refractivity contribution is 7.86. The van der Waals surface area contributed by atoms with Crippen LogP contribution in [-0.4, -0.2) is 67.5 Å². The fraction of sp³-hybridized carbons (Fsp3) is 0.615. The Morgan fingerprint density at radius 2 is 2.05 bits per heavy atom. The van der Waals surface area contributed by atoms with E-state index in [1.165, 1.54) is 8.61 Å². The van der Waals surface area contributed by atoms with Gasteiger partial charge < -0.3 is 9.47 Å². The number of hydrogen-bond donors (Lipinski definition) is 0. The van der Waals surface area contributed by atoms with Gasteiger partial charge in [0.25, 0.3) is 10.2 Å². The summed E-state index contributed by atoms with van der Waals surface area (Å²) in [6, 6.07) is 3.62. The van der Waals surface area contributed by atoms with Gasteiger partial charge in [-0.2, -0.15) is 17.0 Å². The Bertz CT molecular complexity index is 560. The van der Waals surface area contributed by atoms with Gasteiger partial charge in [-0.3, -0.25) is 4.98 Å². The molecule has 7 nitrogen and oxygen atoms in total. The first-order valence-electron chi connectivity index (χ1n) is 7.06. The molecule has 0 amide bonds. The molecule has 0 saturated carbocycles. The molecule has 116 valence electrons. The number of ether oxygens (including phenoxy) is 2. The van der Waals surface area contributed by atoms with Gasteiger partial charge in [-0.05, 0) is 18.6 Å². The monoisotopic (exact) mass is 313 g/mol. The van der Waals surface area contributed by atoms with Crippen molar-refractivity contribution in [1.29, 1.82) is 0 Å². The Hall–Kier alpha value is -1.22. The topological polar surface area (TPSA) is 72.0 Å². The molecule has 1 aromatic rings. The lowest BCUT2D eigenvalue weighted by atomic mass is 10.3. The molecular formula is C13H19N3O4S. The Balaban J connectivity index is 1.61. The summed E-state index contributed by atoms with van der Waals surface area (Å²) in [7, 11) is -3.40. The summed E-state index contributed by atoms with van der Waals surface area (Å²) in [5.41, 5.74) is 0. The molecule has 1 atom stereocenters. The number of morpholine rings is 1. The smallest absolute Gasteiger partial charge is 0.282 e. The van der Waals surface area contributed by atoms with Gasteiger partial charge in [0.05, 0.1) is 26.0 Å². The number of nitrogens with zero attached hydrogens (tertiary/aromatic N) is 3. The molecule has 1 unspecified atom stereocenters. The third kappa shape index (κ3) is 3.34. The van der Waals surface area contributed by atoms with Crippen molar-refractivity contribution in [2.45, 2.75) is 12.5 Å². The van der Waals surface area contributed by atoms with Crippen LogP contribution in [-0.2, 0) is 14.9 Å².